The number of carboxylic acid groups (broad SMARTS) is 1. The minimum absolute atomic E-state index is 0.0595. The van der Waals surface area contributed by atoms with Crippen molar-refractivity contribution in [2.24, 2.45) is 5.92 Å². The summed E-state index contributed by atoms with van der Waals surface area (Å²) in [4.78, 5) is 32.0. The van der Waals surface area contributed by atoms with E-state index in [-0.39, 0.29) is 11.2 Å². The normalized spacial score (nSPS) is 20.2. The predicted molar refractivity (Wildman–Crippen MR) is 141 cm³/mol. The van der Waals surface area contributed by atoms with Crippen LogP contribution in [0.5, 0.6) is 5.75 Å². The molecule has 0 spiro atoms. The Hall–Kier alpha value is -2.84. The molecule has 2 saturated heterocycles. The van der Waals surface area contributed by atoms with E-state index in [1.54, 1.807) is 0 Å². The number of ketones is 1. The van der Waals surface area contributed by atoms with Crippen LogP contribution in [0.3, 0.4) is 0 Å². The molecule has 0 unspecified atom stereocenters. The number of nitrogens with zero attached hydrogens (tertiary/aromatic N) is 2. The zero-order valence-electron chi connectivity index (χ0n) is 20.5. The maximum absolute atomic E-state index is 13.5. The topological polar surface area (TPSA) is 85.9 Å². The monoisotopic (exact) mass is 551 g/mol. The molecule has 2 aromatic carbocycles. The molecule has 0 atom stereocenters. The fourth-order valence-electron chi connectivity index (χ4n) is 6.01. The number of fused-ring (bicyclic) bond motifs is 4. The van der Waals surface area contributed by atoms with E-state index in [1.807, 2.05) is 36.4 Å². The molecule has 0 radical (unpaired) electrons. The number of hydrogen-bond donors (Lipinski definition) is 2. The second kappa shape index (κ2) is 8.63. The molecule has 3 heterocycles. The van der Waals surface area contributed by atoms with E-state index < -0.39 is 6.09 Å². The van der Waals surface area contributed by atoms with Crippen molar-refractivity contribution in [3.63, 3.8) is 0 Å². The Labute approximate surface area is 218 Å². The fraction of sp³-hybridized carbons (Fsp3) is 0.429. The van der Waals surface area contributed by atoms with Crippen LogP contribution in [-0.2, 0) is 5.41 Å². The zero-order chi connectivity index (χ0) is 25.2. The number of amides is 1. The molecule has 188 valence electrons. The first-order valence-electron chi connectivity index (χ1n) is 12.6. The number of carbonyl (C=O) groups is 2. The highest BCUT2D eigenvalue weighted by molar-refractivity contribution is 9.10. The Morgan fingerprint density at radius 3 is 2.64 bits per heavy atom. The number of hydrogen-bond acceptors (Lipinski definition) is 4. The van der Waals surface area contributed by atoms with Crippen molar-refractivity contribution in [1.82, 2.24) is 14.8 Å². The van der Waals surface area contributed by atoms with E-state index in [0.717, 1.165) is 69.4 Å². The standard InChI is InChI=1S/C28H30BrN3O4/c1-28(2)22-12-19(36-15-16-7-9-31(10-8-16)18-13-32(14-18)27(34)35)4-6-20(22)25(33)24-21-5-3-17(29)11-23(21)30-26(24)28/h3-6,11-12,16,18,30H,7-10,13-15H2,1-2H3,(H,34,35). The molecule has 6 rings (SSSR count). The highest BCUT2D eigenvalue weighted by atomic mass is 79.9. The Morgan fingerprint density at radius 1 is 1.17 bits per heavy atom. The van der Waals surface area contributed by atoms with E-state index in [0.29, 0.717) is 31.7 Å². The number of nitrogens with one attached hydrogen (secondary N) is 1. The Bertz CT molecular complexity index is 1370. The summed E-state index contributed by atoms with van der Waals surface area (Å²) in [5, 5.41) is 10.0. The van der Waals surface area contributed by atoms with Gasteiger partial charge in [-0.2, -0.15) is 0 Å². The highest BCUT2D eigenvalue weighted by Gasteiger charge is 2.40. The van der Waals surface area contributed by atoms with Gasteiger partial charge in [0.1, 0.15) is 5.75 Å². The lowest BCUT2D eigenvalue weighted by atomic mass is 9.71. The van der Waals surface area contributed by atoms with Gasteiger partial charge in [0.25, 0.3) is 0 Å². The molecule has 1 aromatic heterocycles. The van der Waals surface area contributed by atoms with E-state index in [4.69, 9.17) is 9.84 Å². The van der Waals surface area contributed by atoms with Crippen LogP contribution in [-0.4, -0.2) is 70.6 Å². The molecular formula is C28H30BrN3O4. The smallest absolute Gasteiger partial charge is 0.407 e. The summed E-state index contributed by atoms with van der Waals surface area (Å²) in [5.74, 6) is 1.33. The lowest BCUT2D eigenvalue weighted by molar-refractivity contribution is 0.0155. The average Bonchev–Trinajstić information content (AvgIpc) is 3.21. The molecule has 1 aliphatic carbocycles. The van der Waals surface area contributed by atoms with Gasteiger partial charge in [-0.05, 0) is 67.7 Å². The van der Waals surface area contributed by atoms with Gasteiger partial charge in [-0.15, -0.1) is 0 Å². The third-order valence-corrected chi connectivity index (χ3v) is 8.80. The van der Waals surface area contributed by atoms with E-state index >= 15 is 0 Å². The number of likely N-dealkylation sites (tertiary alicyclic amines) is 2. The van der Waals surface area contributed by atoms with Gasteiger partial charge in [0.2, 0.25) is 0 Å². The maximum atomic E-state index is 13.5. The predicted octanol–water partition coefficient (Wildman–Crippen LogP) is 5.25. The van der Waals surface area contributed by atoms with Gasteiger partial charge in [0.15, 0.2) is 5.78 Å². The van der Waals surface area contributed by atoms with Crippen molar-refractivity contribution in [2.75, 3.05) is 32.8 Å². The van der Waals surface area contributed by atoms with Crippen LogP contribution in [0.15, 0.2) is 40.9 Å². The van der Waals surface area contributed by atoms with Crippen molar-refractivity contribution >= 4 is 38.7 Å². The first-order chi connectivity index (χ1) is 17.2. The number of halogens is 1. The van der Waals surface area contributed by atoms with Gasteiger partial charge in [0.05, 0.1) is 12.2 Å². The van der Waals surface area contributed by atoms with Gasteiger partial charge in [0, 0.05) is 51.2 Å². The second-order valence-electron chi connectivity index (χ2n) is 10.9. The van der Waals surface area contributed by atoms with E-state index in [9.17, 15) is 9.59 Å². The minimum atomic E-state index is -0.821. The van der Waals surface area contributed by atoms with Crippen LogP contribution >= 0.6 is 15.9 Å². The lowest BCUT2D eigenvalue weighted by Gasteiger charge is -2.46. The van der Waals surface area contributed by atoms with Crippen LogP contribution in [0.2, 0.25) is 0 Å². The summed E-state index contributed by atoms with van der Waals surface area (Å²) in [5.41, 5.74) is 4.06. The minimum Gasteiger partial charge on any atom is -0.493 e. The lowest BCUT2D eigenvalue weighted by Crippen LogP contribution is -2.62. The third-order valence-electron chi connectivity index (χ3n) is 8.31. The molecule has 7 nitrogen and oxygen atoms in total. The quantitative estimate of drug-likeness (QED) is 0.462. The van der Waals surface area contributed by atoms with Crippen molar-refractivity contribution in [1.29, 1.82) is 0 Å². The number of benzene rings is 2. The SMILES string of the molecule is CC1(C)c2cc(OCC3CCN(C4CN(C(=O)O)C4)CC3)ccc2C(=O)c2c1[nH]c1cc(Br)ccc21. The molecule has 8 heteroatoms. The van der Waals surface area contributed by atoms with Gasteiger partial charge in [-0.25, -0.2) is 4.79 Å². The first kappa shape index (κ1) is 23.6. The Balaban J connectivity index is 1.14. The van der Waals surface area contributed by atoms with Crippen LogP contribution in [0.1, 0.15) is 53.9 Å². The van der Waals surface area contributed by atoms with Crippen molar-refractivity contribution < 1.29 is 19.4 Å². The number of piperidine rings is 1. The maximum Gasteiger partial charge on any atom is 0.407 e. The second-order valence-corrected chi connectivity index (χ2v) is 11.8. The summed E-state index contributed by atoms with van der Waals surface area (Å²) in [6.45, 7) is 8.18. The van der Waals surface area contributed by atoms with Crippen LogP contribution in [0.25, 0.3) is 10.9 Å². The summed E-state index contributed by atoms with van der Waals surface area (Å²) < 4.78 is 7.23. The molecule has 0 saturated carbocycles. The molecule has 2 fully saturated rings. The number of rotatable bonds is 4. The van der Waals surface area contributed by atoms with Crippen LogP contribution in [0, 0.1) is 5.92 Å². The van der Waals surface area contributed by atoms with Crippen molar-refractivity contribution in [2.45, 2.75) is 38.1 Å². The molecule has 3 aliphatic rings. The van der Waals surface area contributed by atoms with Gasteiger partial charge in [-0.1, -0.05) is 35.8 Å². The zero-order valence-corrected chi connectivity index (χ0v) is 22.1. The first-order valence-corrected chi connectivity index (χ1v) is 13.4. The van der Waals surface area contributed by atoms with Crippen LogP contribution in [0.4, 0.5) is 4.79 Å². The molecule has 2 N–H and O–H groups in total. The summed E-state index contributed by atoms with van der Waals surface area (Å²) in [6.07, 6.45) is 1.28. The molecule has 36 heavy (non-hydrogen) atoms. The van der Waals surface area contributed by atoms with E-state index in [1.165, 1.54) is 4.90 Å². The Kier molecular flexibility index (Phi) is 5.64. The van der Waals surface area contributed by atoms with Crippen molar-refractivity contribution in [3.05, 3.63) is 63.3 Å². The number of aromatic amines is 1. The molecule has 2 aliphatic heterocycles. The van der Waals surface area contributed by atoms with Gasteiger partial charge < -0.3 is 19.7 Å². The molecule has 0 bridgehead atoms. The summed E-state index contributed by atoms with van der Waals surface area (Å²) >= 11 is 3.53. The third kappa shape index (κ3) is 3.82. The highest BCUT2D eigenvalue weighted by Crippen LogP contribution is 2.45. The Morgan fingerprint density at radius 2 is 1.92 bits per heavy atom. The fourth-order valence-corrected chi connectivity index (χ4v) is 6.37. The van der Waals surface area contributed by atoms with Gasteiger partial charge in [-0.3, -0.25) is 9.69 Å². The largest absolute Gasteiger partial charge is 0.493 e. The number of carbonyl (C=O) groups excluding carboxylic acids is 1. The molecule has 3 aromatic rings. The number of ether oxygens (including phenoxy) is 1. The van der Waals surface area contributed by atoms with E-state index in [2.05, 4.69) is 39.7 Å². The number of H-pyrrole nitrogens is 1. The van der Waals surface area contributed by atoms with Crippen LogP contribution < -0.4 is 4.74 Å². The summed E-state index contributed by atoms with van der Waals surface area (Å²) in [6, 6.07) is 12.2. The number of aromatic nitrogens is 1. The average molecular weight is 552 g/mol. The molecule has 1 amide bonds. The van der Waals surface area contributed by atoms with Gasteiger partial charge >= 0.3 is 6.09 Å². The molecular weight excluding hydrogens is 522 g/mol. The summed E-state index contributed by atoms with van der Waals surface area (Å²) in [7, 11) is 0. The van der Waals surface area contributed by atoms with Crippen molar-refractivity contribution in [3.8, 4) is 5.75 Å².